The molecule has 8 heteroatoms. The second-order valence-corrected chi connectivity index (χ2v) is 7.41. The fourth-order valence-electron chi connectivity index (χ4n) is 2.80. The molecule has 2 N–H and O–H groups in total. The zero-order valence-electron chi connectivity index (χ0n) is 15.2. The maximum absolute atomic E-state index is 12.5. The molecule has 0 bridgehead atoms. The summed E-state index contributed by atoms with van der Waals surface area (Å²) in [6, 6.07) is -0.659. The molecule has 140 valence electrons. The highest BCUT2D eigenvalue weighted by Gasteiger charge is 2.25. The summed E-state index contributed by atoms with van der Waals surface area (Å²) in [6.07, 6.45) is 3.20. The molecule has 7 nitrogen and oxygen atoms in total. The number of carbonyl (C=O) groups is 2. The summed E-state index contributed by atoms with van der Waals surface area (Å²) in [5, 5.41) is 7.96. The molecule has 0 aromatic carbocycles. The van der Waals surface area contributed by atoms with Crippen LogP contribution in [0.25, 0.3) is 0 Å². The Balaban J connectivity index is 1.90. The molecule has 1 aromatic heterocycles. The number of aromatic nitrogens is 1. The normalized spacial score (nSPS) is 16.5. The van der Waals surface area contributed by atoms with E-state index in [1.807, 2.05) is 19.2 Å². The van der Waals surface area contributed by atoms with Gasteiger partial charge in [-0.05, 0) is 38.8 Å². The molecule has 2 heterocycles. The number of likely N-dealkylation sites (tertiary alicyclic amines) is 1. The number of thiazole rings is 1. The lowest BCUT2D eigenvalue weighted by Crippen LogP contribution is -2.47. The van der Waals surface area contributed by atoms with E-state index < -0.39 is 12.1 Å². The van der Waals surface area contributed by atoms with Crippen molar-refractivity contribution in [1.82, 2.24) is 15.2 Å². The van der Waals surface area contributed by atoms with Crippen molar-refractivity contribution in [2.75, 3.05) is 25.0 Å². The lowest BCUT2D eigenvalue weighted by atomic mass is 10.0. The number of hydrogen-bond acceptors (Lipinski definition) is 6. The first-order valence-corrected chi connectivity index (χ1v) is 9.78. The Hall–Kier alpha value is -1.67. The van der Waals surface area contributed by atoms with Gasteiger partial charge in [-0.25, -0.2) is 9.78 Å². The Labute approximate surface area is 153 Å². The zero-order chi connectivity index (χ0) is 18.2. The zero-order valence-corrected chi connectivity index (χ0v) is 16.0. The van der Waals surface area contributed by atoms with E-state index in [-0.39, 0.29) is 18.4 Å². The minimum absolute atomic E-state index is 0.0582. The molecule has 1 atom stereocenters. The van der Waals surface area contributed by atoms with Crippen molar-refractivity contribution in [2.24, 2.45) is 5.92 Å². The van der Waals surface area contributed by atoms with Crippen LogP contribution in [0.4, 0.5) is 9.93 Å². The fourth-order valence-corrected chi connectivity index (χ4v) is 3.51. The van der Waals surface area contributed by atoms with Gasteiger partial charge in [-0.3, -0.25) is 9.69 Å². The number of piperidine rings is 1. The molecule has 0 spiro atoms. The van der Waals surface area contributed by atoms with Gasteiger partial charge in [0.15, 0.2) is 5.13 Å². The van der Waals surface area contributed by atoms with Crippen molar-refractivity contribution in [3.63, 3.8) is 0 Å². The highest BCUT2D eigenvalue weighted by Crippen LogP contribution is 2.19. The van der Waals surface area contributed by atoms with Crippen LogP contribution in [0.5, 0.6) is 0 Å². The molecular weight excluding hydrogens is 340 g/mol. The average Bonchev–Trinajstić information content (AvgIpc) is 3.00. The lowest BCUT2D eigenvalue weighted by molar-refractivity contribution is -0.119. The molecule has 2 rings (SSSR count). The number of nitrogens with one attached hydrogen (secondary N) is 2. The monoisotopic (exact) mass is 368 g/mol. The minimum Gasteiger partial charge on any atom is -0.450 e. The Morgan fingerprint density at radius 1 is 1.32 bits per heavy atom. The third-order valence-electron chi connectivity index (χ3n) is 4.11. The third kappa shape index (κ3) is 6.28. The number of alkyl carbamates (subject to hydrolysis) is 1. The number of amides is 2. The van der Waals surface area contributed by atoms with Gasteiger partial charge in [0, 0.05) is 11.9 Å². The topological polar surface area (TPSA) is 83.6 Å². The van der Waals surface area contributed by atoms with Crippen LogP contribution in [0.15, 0.2) is 5.38 Å². The van der Waals surface area contributed by atoms with Crippen LogP contribution in [-0.4, -0.2) is 47.6 Å². The van der Waals surface area contributed by atoms with Gasteiger partial charge in [-0.2, -0.15) is 0 Å². The number of carbonyl (C=O) groups excluding carboxylic acids is 2. The van der Waals surface area contributed by atoms with Crippen molar-refractivity contribution >= 4 is 28.5 Å². The molecule has 1 aliphatic heterocycles. The number of nitrogens with zero attached hydrogens (tertiary/aromatic N) is 2. The molecule has 0 radical (unpaired) electrons. The standard InChI is InChI=1S/C17H28N4O3S/c1-4-24-17(23)19-14(12(2)3)15(22)20-16-18-13(11-25-16)10-21-8-6-5-7-9-21/h11-12,14H,4-10H2,1-3H3,(H,19,23)(H,18,20,22). The summed E-state index contributed by atoms with van der Waals surface area (Å²) >= 11 is 1.41. The number of hydrogen-bond donors (Lipinski definition) is 2. The van der Waals surface area contributed by atoms with E-state index in [1.165, 1.54) is 30.6 Å². The number of ether oxygens (including phenoxy) is 1. The van der Waals surface area contributed by atoms with Crippen LogP contribution in [0.2, 0.25) is 0 Å². The summed E-state index contributed by atoms with van der Waals surface area (Å²) in [4.78, 5) is 31.0. The highest BCUT2D eigenvalue weighted by atomic mass is 32.1. The summed E-state index contributed by atoms with van der Waals surface area (Å²) < 4.78 is 4.86. The second-order valence-electron chi connectivity index (χ2n) is 6.56. The summed E-state index contributed by atoms with van der Waals surface area (Å²) in [7, 11) is 0. The predicted octanol–water partition coefficient (Wildman–Crippen LogP) is 2.84. The van der Waals surface area contributed by atoms with Crippen molar-refractivity contribution < 1.29 is 14.3 Å². The van der Waals surface area contributed by atoms with Crippen LogP contribution in [0, 0.1) is 5.92 Å². The molecule has 1 aliphatic rings. The second kappa shape index (κ2) is 9.72. The van der Waals surface area contributed by atoms with Gasteiger partial charge in [0.05, 0.1) is 12.3 Å². The van der Waals surface area contributed by atoms with Crippen LogP contribution in [-0.2, 0) is 16.1 Å². The summed E-state index contributed by atoms with van der Waals surface area (Å²) in [5.74, 6) is -0.334. The quantitative estimate of drug-likeness (QED) is 0.773. The van der Waals surface area contributed by atoms with Gasteiger partial charge >= 0.3 is 6.09 Å². The highest BCUT2D eigenvalue weighted by molar-refractivity contribution is 7.13. The third-order valence-corrected chi connectivity index (χ3v) is 4.92. The Bertz CT molecular complexity index is 570. The summed E-state index contributed by atoms with van der Waals surface area (Å²) in [6.45, 7) is 8.78. The van der Waals surface area contributed by atoms with Crippen molar-refractivity contribution in [1.29, 1.82) is 0 Å². The van der Waals surface area contributed by atoms with E-state index in [0.717, 1.165) is 25.3 Å². The molecule has 1 saturated heterocycles. The van der Waals surface area contributed by atoms with Crippen molar-refractivity contribution in [3.05, 3.63) is 11.1 Å². The van der Waals surface area contributed by atoms with Crippen LogP contribution in [0.3, 0.4) is 0 Å². The average molecular weight is 369 g/mol. The molecule has 2 amide bonds. The first-order chi connectivity index (χ1) is 12.0. The molecule has 25 heavy (non-hydrogen) atoms. The van der Waals surface area contributed by atoms with Crippen LogP contribution >= 0.6 is 11.3 Å². The van der Waals surface area contributed by atoms with Gasteiger partial charge < -0.3 is 15.4 Å². The van der Waals surface area contributed by atoms with Gasteiger partial charge in [-0.1, -0.05) is 20.3 Å². The van der Waals surface area contributed by atoms with Crippen LogP contribution in [0.1, 0.15) is 45.7 Å². The van der Waals surface area contributed by atoms with E-state index in [9.17, 15) is 9.59 Å². The number of rotatable bonds is 7. The molecule has 1 fully saturated rings. The maximum atomic E-state index is 12.5. The predicted molar refractivity (Wildman–Crippen MR) is 98.7 cm³/mol. The Morgan fingerprint density at radius 3 is 2.68 bits per heavy atom. The SMILES string of the molecule is CCOC(=O)NC(C(=O)Nc1nc(CN2CCCCC2)cs1)C(C)C. The molecule has 0 saturated carbocycles. The van der Waals surface area contributed by atoms with E-state index >= 15 is 0 Å². The van der Waals surface area contributed by atoms with E-state index in [4.69, 9.17) is 4.74 Å². The first kappa shape index (κ1) is 19.7. The van der Waals surface area contributed by atoms with Gasteiger partial charge in [0.1, 0.15) is 6.04 Å². The summed E-state index contributed by atoms with van der Waals surface area (Å²) in [5.41, 5.74) is 0.974. The fraction of sp³-hybridized carbons (Fsp3) is 0.706. The van der Waals surface area contributed by atoms with Gasteiger partial charge in [0.2, 0.25) is 5.91 Å². The Kier molecular flexibility index (Phi) is 7.64. The first-order valence-electron chi connectivity index (χ1n) is 8.90. The Morgan fingerprint density at radius 2 is 2.04 bits per heavy atom. The van der Waals surface area contributed by atoms with Gasteiger partial charge in [-0.15, -0.1) is 11.3 Å². The van der Waals surface area contributed by atoms with Gasteiger partial charge in [0.25, 0.3) is 0 Å². The van der Waals surface area contributed by atoms with Crippen LogP contribution < -0.4 is 10.6 Å². The van der Waals surface area contributed by atoms with E-state index in [1.54, 1.807) is 6.92 Å². The van der Waals surface area contributed by atoms with E-state index in [2.05, 4.69) is 20.5 Å². The largest absolute Gasteiger partial charge is 0.450 e. The number of anilines is 1. The van der Waals surface area contributed by atoms with Crippen molar-refractivity contribution in [3.8, 4) is 0 Å². The minimum atomic E-state index is -0.659. The van der Waals surface area contributed by atoms with E-state index in [0.29, 0.717) is 5.13 Å². The van der Waals surface area contributed by atoms with Crippen molar-refractivity contribution in [2.45, 2.75) is 52.6 Å². The molecule has 1 aromatic rings. The molecule has 0 aliphatic carbocycles. The smallest absolute Gasteiger partial charge is 0.407 e. The maximum Gasteiger partial charge on any atom is 0.407 e. The molecular formula is C17H28N4O3S. The molecule has 1 unspecified atom stereocenters. The lowest BCUT2D eigenvalue weighted by Gasteiger charge is -2.25.